The van der Waals surface area contributed by atoms with Crippen molar-refractivity contribution in [3.63, 3.8) is 0 Å². The molecule has 1 unspecified atom stereocenters. The fourth-order valence-corrected chi connectivity index (χ4v) is 1.70. The molecule has 2 rings (SSSR count). The number of piperidine rings is 1. The molecule has 0 bridgehead atoms. The van der Waals surface area contributed by atoms with Gasteiger partial charge in [-0.25, -0.2) is 0 Å². The van der Waals surface area contributed by atoms with Crippen LogP contribution < -0.4 is 15.4 Å². The molecule has 5 nitrogen and oxygen atoms in total. The third-order valence-electron chi connectivity index (χ3n) is 2.47. The van der Waals surface area contributed by atoms with Crippen LogP contribution in [-0.4, -0.2) is 36.2 Å². The fourth-order valence-electron chi connectivity index (χ4n) is 1.70. The number of nitrogens with zero attached hydrogens (tertiary/aromatic N) is 2. The van der Waals surface area contributed by atoms with Gasteiger partial charge in [0.1, 0.15) is 5.82 Å². The van der Waals surface area contributed by atoms with Crippen LogP contribution >= 0.6 is 0 Å². The number of methoxy groups -OCH3 is 1. The Labute approximate surface area is 89.3 Å². The molecule has 0 aliphatic carbocycles. The molecule has 0 radical (unpaired) electrons. The van der Waals surface area contributed by atoms with E-state index >= 15 is 0 Å². The lowest BCUT2D eigenvalue weighted by Gasteiger charge is -2.24. The molecule has 1 aliphatic rings. The Hall–Kier alpha value is -1.36. The molecule has 0 amide bonds. The Balaban J connectivity index is 1.96. The first-order valence-corrected chi connectivity index (χ1v) is 5.22. The third-order valence-corrected chi connectivity index (χ3v) is 2.47. The van der Waals surface area contributed by atoms with Crippen molar-refractivity contribution < 1.29 is 4.74 Å². The van der Waals surface area contributed by atoms with E-state index in [-0.39, 0.29) is 0 Å². The predicted octanol–water partition coefficient (Wildman–Crippen LogP) is 0.649. The molecule has 1 fully saturated rings. The Morgan fingerprint density at radius 3 is 3.20 bits per heavy atom. The quantitative estimate of drug-likeness (QED) is 0.763. The SMILES string of the molecule is COc1cncc(NC2CCCNC2)n1. The van der Waals surface area contributed by atoms with Crippen molar-refractivity contribution in [2.75, 3.05) is 25.5 Å². The van der Waals surface area contributed by atoms with Gasteiger partial charge < -0.3 is 15.4 Å². The monoisotopic (exact) mass is 208 g/mol. The molecule has 1 aliphatic heterocycles. The Kier molecular flexibility index (Phi) is 3.34. The summed E-state index contributed by atoms with van der Waals surface area (Å²) < 4.78 is 5.01. The van der Waals surface area contributed by atoms with E-state index in [9.17, 15) is 0 Å². The highest BCUT2D eigenvalue weighted by Gasteiger charge is 2.13. The van der Waals surface area contributed by atoms with Crippen LogP contribution in [0.4, 0.5) is 5.82 Å². The molecule has 1 aromatic heterocycles. The third kappa shape index (κ3) is 2.79. The number of anilines is 1. The van der Waals surface area contributed by atoms with Crippen molar-refractivity contribution in [2.45, 2.75) is 18.9 Å². The van der Waals surface area contributed by atoms with E-state index < -0.39 is 0 Å². The predicted molar refractivity (Wildman–Crippen MR) is 58.1 cm³/mol. The van der Waals surface area contributed by atoms with Crippen LogP contribution in [0.2, 0.25) is 0 Å². The summed E-state index contributed by atoms with van der Waals surface area (Å²) in [5, 5.41) is 6.68. The minimum atomic E-state index is 0.445. The van der Waals surface area contributed by atoms with Gasteiger partial charge in [-0.1, -0.05) is 0 Å². The molecule has 1 aromatic rings. The first-order valence-electron chi connectivity index (χ1n) is 5.22. The van der Waals surface area contributed by atoms with E-state index in [1.165, 1.54) is 12.8 Å². The zero-order valence-corrected chi connectivity index (χ0v) is 8.86. The maximum Gasteiger partial charge on any atom is 0.233 e. The minimum absolute atomic E-state index is 0.445. The summed E-state index contributed by atoms with van der Waals surface area (Å²) >= 11 is 0. The molecular weight excluding hydrogens is 192 g/mol. The highest BCUT2D eigenvalue weighted by molar-refractivity contribution is 5.34. The molecule has 0 spiro atoms. The van der Waals surface area contributed by atoms with Crippen LogP contribution in [0.25, 0.3) is 0 Å². The van der Waals surface area contributed by atoms with E-state index in [2.05, 4.69) is 20.6 Å². The summed E-state index contributed by atoms with van der Waals surface area (Å²) in [6, 6.07) is 0.445. The second-order valence-electron chi connectivity index (χ2n) is 3.63. The van der Waals surface area contributed by atoms with E-state index in [1.54, 1.807) is 19.5 Å². The lowest BCUT2D eigenvalue weighted by molar-refractivity contribution is 0.395. The zero-order valence-electron chi connectivity index (χ0n) is 8.86. The summed E-state index contributed by atoms with van der Waals surface area (Å²) in [6.07, 6.45) is 5.70. The molecular formula is C10H16N4O. The number of hydrogen-bond donors (Lipinski definition) is 2. The van der Waals surface area contributed by atoms with Gasteiger partial charge in [-0.05, 0) is 19.4 Å². The number of aromatic nitrogens is 2. The summed E-state index contributed by atoms with van der Waals surface area (Å²) in [6.45, 7) is 2.10. The molecule has 2 N–H and O–H groups in total. The summed E-state index contributed by atoms with van der Waals surface area (Å²) in [5.74, 6) is 1.33. The van der Waals surface area contributed by atoms with Gasteiger partial charge >= 0.3 is 0 Å². The van der Waals surface area contributed by atoms with Crippen LogP contribution in [0.5, 0.6) is 5.88 Å². The van der Waals surface area contributed by atoms with Crippen molar-refractivity contribution in [1.29, 1.82) is 0 Å². The largest absolute Gasteiger partial charge is 0.480 e. The Bertz CT molecular complexity index is 312. The van der Waals surface area contributed by atoms with Gasteiger partial charge in [-0.3, -0.25) is 4.98 Å². The van der Waals surface area contributed by atoms with Crippen molar-refractivity contribution in [3.8, 4) is 5.88 Å². The van der Waals surface area contributed by atoms with Crippen LogP contribution in [0, 0.1) is 0 Å². The maximum absolute atomic E-state index is 5.01. The fraction of sp³-hybridized carbons (Fsp3) is 0.600. The minimum Gasteiger partial charge on any atom is -0.480 e. The lowest BCUT2D eigenvalue weighted by Crippen LogP contribution is -2.38. The number of hydrogen-bond acceptors (Lipinski definition) is 5. The molecule has 5 heteroatoms. The Morgan fingerprint density at radius 1 is 1.53 bits per heavy atom. The summed E-state index contributed by atoms with van der Waals surface area (Å²) in [5.41, 5.74) is 0. The normalized spacial score (nSPS) is 21.0. The first-order chi connectivity index (χ1) is 7.38. The van der Waals surface area contributed by atoms with Crippen molar-refractivity contribution in [3.05, 3.63) is 12.4 Å². The number of nitrogens with one attached hydrogen (secondary N) is 2. The van der Waals surface area contributed by atoms with Gasteiger partial charge in [0.15, 0.2) is 0 Å². The zero-order chi connectivity index (χ0) is 10.5. The standard InChI is InChI=1S/C10H16N4O/c1-15-10-7-12-6-9(14-10)13-8-3-2-4-11-5-8/h6-8,11H,2-5H2,1H3,(H,13,14). The average Bonchev–Trinajstić information content (AvgIpc) is 2.31. The van der Waals surface area contributed by atoms with Crippen molar-refractivity contribution in [1.82, 2.24) is 15.3 Å². The van der Waals surface area contributed by atoms with Crippen LogP contribution in [0.15, 0.2) is 12.4 Å². The summed E-state index contributed by atoms with van der Waals surface area (Å²) in [4.78, 5) is 8.31. The molecule has 0 aromatic carbocycles. The summed E-state index contributed by atoms with van der Waals surface area (Å²) in [7, 11) is 1.59. The molecule has 2 heterocycles. The highest BCUT2D eigenvalue weighted by atomic mass is 16.5. The topological polar surface area (TPSA) is 59.1 Å². The van der Waals surface area contributed by atoms with Gasteiger partial charge in [-0.2, -0.15) is 4.98 Å². The van der Waals surface area contributed by atoms with Crippen molar-refractivity contribution in [2.24, 2.45) is 0 Å². The van der Waals surface area contributed by atoms with Gasteiger partial charge in [-0.15, -0.1) is 0 Å². The average molecular weight is 208 g/mol. The first kappa shape index (κ1) is 10.2. The number of ether oxygens (including phenoxy) is 1. The molecule has 82 valence electrons. The second kappa shape index (κ2) is 4.93. The van der Waals surface area contributed by atoms with E-state index in [1.807, 2.05) is 0 Å². The van der Waals surface area contributed by atoms with Crippen molar-refractivity contribution >= 4 is 5.82 Å². The molecule has 15 heavy (non-hydrogen) atoms. The van der Waals surface area contributed by atoms with Gasteiger partial charge in [0.05, 0.1) is 19.5 Å². The smallest absolute Gasteiger partial charge is 0.233 e. The Morgan fingerprint density at radius 2 is 2.47 bits per heavy atom. The second-order valence-corrected chi connectivity index (χ2v) is 3.63. The molecule has 1 saturated heterocycles. The number of rotatable bonds is 3. The molecule has 0 saturated carbocycles. The maximum atomic E-state index is 5.01. The highest BCUT2D eigenvalue weighted by Crippen LogP contribution is 2.12. The van der Waals surface area contributed by atoms with E-state index in [4.69, 9.17) is 4.74 Å². The van der Waals surface area contributed by atoms with Gasteiger partial charge in [0, 0.05) is 12.6 Å². The van der Waals surface area contributed by atoms with Gasteiger partial charge in [0.25, 0.3) is 0 Å². The lowest BCUT2D eigenvalue weighted by atomic mass is 10.1. The van der Waals surface area contributed by atoms with Crippen LogP contribution in [0.3, 0.4) is 0 Å². The van der Waals surface area contributed by atoms with Crippen LogP contribution in [0.1, 0.15) is 12.8 Å². The van der Waals surface area contributed by atoms with Crippen LogP contribution in [-0.2, 0) is 0 Å². The van der Waals surface area contributed by atoms with E-state index in [0.717, 1.165) is 18.9 Å². The van der Waals surface area contributed by atoms with Gasteiger partial charge in [0.2, 0.25) is 5.88 Å². The molecule has 1 atom stereocenters. The van der Waals surface area contributed by atoms with E-state index in [0.29, 0.717) is 11.9 Å².